The first kappa shape index (κ1) is 26.1. The van der Waals surface area contributed by atoms with Crippen LogP contribution in [0.3, 0.4) is 0 Å². The molecule has 0 spiro atoms. The number of benzene rings is 1. The molecular formula is C28H31FN2O4S. The fourth-order valence-corrected chi connectivity index (χ4v) is 5.65. The van der Waals surface area contributed by atoms with Gasteiger partial charge < -0.3 is 14.9 Å². The lowest BCUT2D eigenvalue weighted by molar-refractivity contribution is -0.141. The number of carboxylic acids is 1. The van der Waals surface area contributed by atoms with Crippen LogP contribution in [0, 0.1) is 17.3 Å². The molecule has 6 nitrogen and oxygen atoms in total. The zero-order chi connectivity index (χ0) is 25.5. The zero-order valence-electron chi connectivity index (χ0n) is 20.4. The molecule has 2 N–H and O–H groups in total. The number of alkyl halides is 1. The van der Waals surface area contributed by atoms with E-state index in [0.717, 1.165) is 18.0 Å². The van der Waals surface area contributed by atoms with E-state index in [-0.39, 0.29) is 6.42 Å². The SMILES string of the molecule is COc1ccc2ncc(CF)c([C@H](O)CCC3(CC(=O)O)CCN(CC#Cc4cccs4)CC3)c2c1. The third-order valence-corrected chi connectivity index (χ3v) is 7.89. The Morgan fingerprint density at radius 3 is 2.81 bits per heavy atom. The number of methoxy groups -OCH3 is 1. The second kappa shape index (κ2) is 11.8. The van der Waals surface area contributed by atoms with Crippen LogP contribution in [-0.2, 0) is 11.5 Å². The van der Waals surface area contributed by atoms with Crippen molar-refractivity contribution in [1.29, 1.82) is 0 Å². The molecule has 36 heavy (non-hydrogen) atoms. The Morgan fingerprint density at radius 2 is 2.14 bits per heavy atom. The van der Waals surface area contributed by atoms with E-state index in [1.807, 2.05) is 17.5 Å². The van der Waals surface area contributed by atoms with Gasteiger partial charge in [-0.05, 0) is 79.4 Å². The zero-order valence-corrected chi connectivity index (χ0v) is 21.2. The van der Waals surface area contributed by atoms with Gasteiger partial charge in [0.15, 0.2) is 0 Å². The van der Waals surface area contributed by atoms with Crippen LogP contribution in [0.5, 0.6) is 5.75 Å². The smallest absolute Gasteiger partial charge is 0.303 e. The first-order valence-electron chi connectivity index (χ1n) is 12.1. The molecule has 0 radical (unpaired) electrons. The van der Waals surface area contributed by atoms with Gasteiger partial charge in [-0.15, -0.1) is 11.3 Å². The van der Waals surface area contributed by atoms with Gasteiger partial charge in [-0.3, -0.25) is 14.7 Å². The molecule has 0 unspecified atom stereocenters. The Hall–Kier alpha value is -2.99. The highest BCUT2D eigenvalue weighted by molar-refractivity contribution is 7.10. The molecule has 0 aliphatic carbocycles. The number of thiophene rings is 1. The summed E-state index contributed by atoms with van der Waals surface area (Å²) in [6.07, 6.45) is 2.89. The highest BCUT2D eigenvalue weighted by Gasteiger charge is 2.37. The molecule has 1 fully saturated rings. The molecule has 1 aliphatic rings. The number of likely N-dealkylation sites (tertiary alicyclic amines) is 1. The number of hydrogen-bond donors (Lipinski definition) is 2. The van der Waals surface area contributed by atoms with Gasteiger partial charge in [-0.1, -0.05) is 17.9 Å². The molecule has 190 valence electrons. The summed E-state index contributed by atoms with van der Waals surface area (Å²) in [7, 11) is 1.56. The summed E-state index contributed by atoms with van der Waals surface area (Å²) >= 11 is 1.61. The number of aliphatic carboxylic acids is 1. The first-order valence-corrected chi connectivity index (χ1v) is 13.0. The van der Waals surface area contributed by atoms with Gasteiger partial charge in [0, 0.05) is 17.1 Å². The third kappa shape index (κ3) is 6.22. The van der Waals surface area contributed by atoms with Crippen LogP contribution >= 0.6 is 11.3 Å². The molecule has 2 aromatic heterocycles. The predicted molar refractivity (Wildman–Crippen MR) is 139 cm³/mol. The second-order valence-electron chi connectivity index (χ2n) is 9.39. The fourth-order valence-electron chi connectivity index (χ4n) is 5.06. The molecule has 1 atom stereocenters. The van der Waals surface area contributed by atoms with Gasteiger partial charge in [0.2, 0.25) is 0 Å². The largest absolute Gasteiger partial charge is 0.497 e. The fraction of sp³-hybridized carbons (Fsp3) is 0.429. The van der Waals surface area contributed by atoms with E-state index in [0.29, 0.717) is 60.0 Å². The summed E-state index contributed by atoms with van der Waals surface area (Å²) in [6, 6.07) is 9.30. The minimum Gasteiger partial charge on any atom is -0.497 e. The number of aliphatic hydroxyl groups is 1. The topological polar surface area (TPSA) is 82.9 Å². The number of ether oxygens (including phenoxy) is 1. The third-order valence-electron chi connectivity index (χ3n) is 7.10. The van der Waals surface area contributed by atoms with Gasteiger partial charge in [-0.2, -0.15) is 0 Å². The molecule has 3 heterocycles. The molecule has 1 aliphatic heterocycles. The Balaban J connectivity index is 1.47. The van der Waals surface area contributed by atoms with Crippen LogP contribution in [-0.4, -0.2) is 52.8 Å². The maximum atomic E-state index is 13.9. The van der Waals surface area contributed by atoms with Gasteiger partial charge in [-0.25, -0.2) is 4.39 Å². The monoisotopic (exact) mass is 510 g/mol. The van der Waals surface area contributed by atoms with Crippen molar-refractivity contribution >= 4 is 28.2 Å². The summed E-state index contributed by atoms with van der Waals surface area (Å²) in [4.78, 5) is 19.4. The van der Waals surface area contributed by atoms with Crippen molar-refractivity contribution in [3.05, 3.63) is 57.9 Å². The number of piperidine rings is 1. The predicted octanol–water partition coefficient (Wildman–Crippen LogP) is 5.20. The lowest BCUT2D eigenvalue weighted by atomic mass is 9.71. The molecule has 1 aromatic carbocycles. The molecule has 0 bridgehead atoms. The number of pyridine rings is 1. The molecule has 8 heteroatoms. The number of fused-ring (bicyclic) bond motifs is 1. The van der Waals surface area contributed by atoms with Crippen molar-refractivity contribution in [2.45, 2.75) is 44.9 Å². The normalized spacial score (nSPS) is 16.3. The molecule has 0 amide bonds. The minimum atomic E-state index is -0.936. The molecule has 4 rings (SSSR count). The maximum Gasteiger partial charge on any atom is 0.303 e. The van der Waals surface area contributed by atoms with Crippen molar-refractivity contribution in [3.8, 4) is 17.6 Å². The van der Waals surface area contributed by atoms with E-state index in [1.54, 1.807) is 36.6 Å². The van der Waals surface area contributed by atoms with Crippen LogP contribution < -0.4 is 4.74 Å². The van der Waals surface area contributed by atoms with E-state index in [1.165, 1.54) is 6.20 Å². The van der Waals surface area contributed by atoms with Crippen molar-refractivity contribution in [2.75, 3.05) is 26.7 Å². The van der Waals surface area contributed by atoms with Crippen molar-refractivity contribution in [2.24, 2.45) is 5.41 Å². The Morgan fingerprint density at radius 1 is 1.33 bits per heavy atom. The maximum absolute atomic E-state index is 13.9. The Bertz CT molecular complexity index is 1240. The van der Waals surface area contributed by atoms with Crippen molar-refractivity contribution in [1.82, 2.24) is 9.88 Å². The summed E-state index contributed by atoms with van der Waals surface area (Å²) < 4.78 is 19.2. The number of hydrogen-bond acceptors (Lipinski definition) is 6. The summed E-state index contributed by atoms with van der Waals surface area (Å²) in [5, 5.41) is 23.5. The summed E-state index contributed by atoms with van der Waals surface area (Å²) in [5.74, 6) is 6.15. The molecule has 0 saturated carbocycles. The number of aromatic nitrogens is 1. The van der Waals surface area contributed by atoms with Gasteiger partial charge in [0.05, 0.1) is 36.6 Å². The number of carboxylic acid groups (broad SMARTS) is 1. The summed E-state index contributed by atoms with van der Waals surface area (Å²) in [5.41, 5.74) is 1.09. The number of aliphatic hydroxyl groups excluding tert-OH is 1. The lowest BCUT2D eigenvalue weighted by Crippen LogP contribution is -2.41. The van der Waals surface area contributed by atoms with Gasteiger partial charge in [0.1, 0.15) is 12.4 Å². The van der Waals surface area contributed by atoms with Crippen LogP contribution in [0.4, 0.5) is 4.39 Å². The molecule has 3 aromatic rings. The first-order chi connectivity index (χ1) is 17.4. The lowest BCUT2D eigenvalue weighted by Gasteiger charge is -2.41. The Kier molecular flexibility index (Phi) is 8.57. The van der Waals surface area contributed by atoms with E-state index in [9.17, 15) is 19.4 Å². The van der Waals surface area contributed by atoms with E-state index >= 15 is 0 Å². The van der Waals surface area contributed by atoms with Gasteiger partial charge in [0.25, 0.3) is 0 Å². The van der Waals surface area contributed by atoms with Crippen LogP contribution in [0.2, 0.25) is 0 Å². The quantitative estimate of drug-likeness (QED) is 0.385. The number of carbonyl (C=O) groups is 1. The number of nitrogens with zero attached hydrogens (tertiary/aromatic N) is 2. The van der Waals surface area contributed by atoms with E-state index in [2.05, 4.69) is 21.7 Å². The summed E-state index contributed by atoms with van der Waals surface area (Å²) in [6.45, 7) is 1.42. The van der Waals surface area contributed by atoms with Crippen molar-refractivity contribution < 1.29 is 24.1 Å². The van der Waals surface area contributed by atoms with Crippen LogP contribution in [0.25, 0.3) is 10.9 Å². The van der Waals surface area contributed by atoms with E-state index in [4.69, 9.17) is 4.74 Å². The molecular weight excluding hydrogens is 479 g/mol. The van der Waals surface area contributed by atoms with Crippen molar-refractivity contribution in [3.63, 3.8) is 0 Å². The van der Waals surface area contributed by atoms with Crippen LogP contribution in [0.1, 0.15) is 54.2 Å². The van der Waals surface area contributed by atoms with Crippen LogP contribution in [0.15, 0.2) is 41.9 Å². The average Bonchev–Trinajstić information content (AvgIpc) is 3.40. The highest BCUT2D eigenvalue weighted by atomic mass is 32.1. The average molecular weight is 511 g/mol. The number of rotatable bonds is 9. The number of halogens is 1. The Labute approximate surface area is 214 Å². The molecule has 1 saturated heterocycles. The van der Waals surface area contributed by atoms with E-state index < -0.39 is 24.2 Å². The standard InChI is InChI=1S/C28H31FN2O4S/c1-35-21-6-7-24-23(16-21)27(20(18-29)19-30-24)25(32)8-9-28(17-26(33)34)10-13-31(14-11-28)12-2-4-22-5-3-15-36-22/h3,5-7,15-16,19,25,32H,8-14,17-18H2,1H3,(H,33,34)/t25-/m1/s1. The van der Waals surface area contributed by atoms with Gasteiger partial charge >= 0.3 is 5.97 Å². The minimum absolute atomic E-state index is 0.0509. The second-order valence-corrected chi connectivity index (χ2v) is 10.3. The highest BCUT2D eigenvalue weighted by Crippen LogP contribution is 2.42.